The summed E-state index contributed by atoms with van der Waals surface area (Å²) in [5, 5.41) is 5.99. The molecule has 0 spiro atoms. The molecule has 5 nitrogen and oxygen atoms in total. The summed E-state index contributed by atoms with van der Waals surface area (Å²) in [4.78, 5) is 20.9. The van der Waals surface area contributed by atoms with Gasteiger partial charge < -0.3 is 10.6 Å². The van der Waals surface area contributed by atoms with E-state index >= 15 is 0 Å². The van der Waals surface area contributed by atoms with Crippen LogP contribution < -0.4 is 10.6 Å². The van der Waals surface area contributed by atoms with E-state index in [1.165, 1.54) is 11.1 Å². The second kappa shape index (κ2) is 7.13. The van der Waals surface area contributed by atoms with Gasteiger partial charge in [0.1, 0.15) is 5.69 Å². The molecule has 126 valence electrons. The second-order valence-corrected chi connectivity index (χ2v) is 6.01. The van der Waals surface area contributed by atoms with Crippen LogP contribution in [0.4, 0.5) is 17.3 Å². The van der Waals surface area contributed by atoms with Gasteiger partial charge in [0.05, 0.1) is 0 Å². The monoisotopic (exact) mass is 332 g/mol. The summed E-state index contributed by atoms with van der Waals surface area (Å²) >= 11 is 0. The summed E-state index contributed by atoms with van der Waals surface area (Å²) in [6.07, 6.45) is 1.57. The van der Waals surface area contributed by atoms with Gasteiger partial charge in [-0.1, -0.05) is 18.2 Å². The molecule has 0 unspecified atom stereocenters. The van der Waals surface area contributed by atoms with E-state index in [1.807, 2.05) is 56.3 Å². The Hall–Kier alpha value is -3.21. The van der Waals surface area contributed by atoms with Gasteiger partial charge in [-0.15, -0.1) is 0 Å². The first-order valence-corrected chi connectivity index (χ1v) is 8.06. The number of aryl methyl sites for hydroxylation is 3. The summed E-state index contributed by atoms with van der Waals surface area (Å²) in [6.45, 7) is 6.09. The van der Waals surface area contributed by atoms with E-state index in [0.29, 0.717) is 11.6 Å². The fourth-order valence-electron chi connectivity index (χ4n) is 2.41. The standard InChI is InChI=1S/C20H20N4O/c1-13-5-4-6-16(11-13)22-19(25)18-9-10-21-20(24-18)23-17-8-7-14(2)15(3)12-17/h4-12H,1-3H3,(H,22,25)(H,21,23,24). The lowest BCUT2D eigenvalue weighted by molar-refractivity contribution is 0.102. The minimum absolute atomic E-state index is 0.267. The van der Waals surface area contributed by atoms with Gasteiger partial charge in [0.2, 0.25) is 5.95 Å². The fraction of sp³-hybridized carbons (Fsp3) is 0.150. The molecule has 1 aromatic heterocycles. The lowest BCUT2D eigenvalue weighted by Gasteiger charge is -2.09. The quantitative estimate of drug-likeness (QED) is 0.743. The van der Waals surface area contributed by atoms with Gasteiger partial charge in [-0.25, -0.2) is 9.97 Å². The number of rotatable bonds is 4. The number of amides is 1. The highest BCUT2D eigenvalue weighted by Crippen LogP contribution is 2.17. The van der Waals surface area contributed by atoms with Crippen molar-refractivity contribution in [3.8, 4) is 0 Å². The van der Waals surface area contributed by atoms with Gasteiger partial charge in [-0.05, 0) is 67.8 Å². The van der Waals surface area contributed by atoms with Crippen molar-refractivity contribution in [1.82, 2.24) is 9.97 Å². The predicted octanol–water partition coefficient (Wildman–Crippen LogP) is 4.40. The van der Waals surface area contributed by atoms with Crippen molar-refractivity contribution in [2.45, 2.75) is 20.8 Å². The van der Waals surface area contributed by atoms with Crippen LogP contribution in [-0.4, -0.2) is 15.9 Å². The third-order valence-electron chi connectivity index (χ3n) is 3.93. The number of carbonyl (C=O) groups excluding carboxylic acids is 1. The van der Waals surface area contributed by atoms with E-state index in [2.05, 4.69) is 27.5 Å². The van der Waals surface area contributed by atoms with Crippen LogP contribution in [0, 0.1) is 20.8 Å². The number of aromatic nitrogens is 2. The Morgan fingerprint density at radius 2 is 1.76 bits per heavy atom. The normalized spacial score (nSPS) is 10.4. The summed E-state index contributed by atoms with van der Waals surface area (Å²) in [5.74, 6) is 0.122. The molecule has 0 atom stereocenters. The van der Waals surface area contributed by atoms with E-state index in [4.69, 9.17) is 0 Å². The molecule has 3 aromatic rings. The number of nitrogens with one attached hydrogen (secondary N) is 2. The van der Waals surface area contributed by atoms with E-state index < -0.39 is 0 Å². The average Bonchev–Trinajstić information content (AvgIpc) is 2.58. The van der Waals surface area contributed by atoms with Crippen LogP contribution in [0.2, 0.25) is 0 Å². The van der Waals surface area contributed by atoms with Crippen LogP contribution in [0.5, 0.6) is 0 Å². The fourth-order valence-corrected chi connectivity index (χ4v) is 2.41. The first kappa shape index (κ1) is 16.6. The molecule has 2 aromatic carbocycles. The van der Waals surface area contributed by atoms with E-state index in [0.717, 1.165) is 16.9 Å². The molecule has 0 fully saturated rings. The van der Waals surface area contributed by atoms with Crippen LogP contribution in [0.15, 0.2) is 54.7 Å². The van der Waals surface area contributed by atoms with Crippen molar-refractivity contribution in [1.29, 1.82) is 0 Å². The van der Waals surface area contributed by atoms with E-state index in [9.17, 15) is 4.79 Å². The summed E-state index contributed by atoms with van der Waals surface area (Å²) in [7, 11) is 0. The van der Waals surface area contributed by atoms with Crippen molar-refractivity contribution in [3.05, 3.63) is 77.1 Å². The molecule has 0 bridgehead atoms. The SMILES string of the molecule is Cc1cccc(NC(=O)c2ccnc(Nc3ccc(C)c(C)c3)n2)c1. The first-order chi connectivity index (χ1) is 12.0. The van der Waals surface area contributed by atoms with Crippen molar-refractivity contribution in [2.75, 3.05) is 10.6 Å². The Labute approximate surface area is 147 Å². The zero-order chi connectivity index (χ0) is 17.8. The molecule has 0 aliphatic carbocycles. The first-order valence-electron chi connectivity index (χ1n) is 8.06. The molecular weight excluding hydrogens is 312 g/mol. The maximum Gasteiger partial charge on any atom is 0.274 e. The highest BCUT2D eigenvalue weighted by atomic mass is 16.1. The zero-order valence-corrected chi connectivity index (χ0v) is 14.5. The molecule has 25 heavy (non-hydrogen) atoms. The van der Waals surface area contributed by atoms with Crippen LogP contribution >= 0.6 is 0 Å². The molecule has 0 saturated carbocycles. The van der Waals surface area contributed by atoms with Crippen molar-refractivity contribution < 1.29 is 4.79 Å². The van der Waals surface area contributed by atoms with E-state index in [-0.39, 0.29) is 5.91 Å². The molecule has 0 aliphatic rings. The lowest BCUT2D eigenvalue weighted by Crippen LogP contribution is -2.14. The Kier molecular flexibility index (Phi) is 4.75. The van der Waals surface area contributed by atoms with Crippen LogP contribution in [0.3, 0.4) is 0 Å². The van der Waals surface area contributed by atoms with Crippen LogP contribution in [-0.2, 0) is 0 Å². The molecule has 0 aliphatic heterocycles. The number of hydrogen-bond donors (Lipinski definition) is 2. The minimum atomic E-state index is -0.267. The minimum Gasteiger partial charge on any atom is -0.324 e. The van der Waals surface area contributed by atoms with Crippen molar-refractivity contribution in [3.63, 3.8) is 0 Å². The van der Waals surface area contributed by atoms with Crippen LogP contribution in [0.1, 0.15) is 27.2 Å². The highest BCUT2D eigenvalue weighted by Gasteiger charge is 2.10. The Morgan fingerprint density at radius 1 is 0.920 bits per heavy atom. The Bertz CT molecular complexity index is 921. The molecule has 1 heterocycles. The molecule has 2 N–H and O–H groups in total. The highest BCUT2D eigenvalue weighted by molar-refractivity contribution is 6.03. The molecule has 3 rings (SSSR count). The smallest absolute Gasteiger partial charge is 0.274 e. The lowest BCUT2D eigenvalue weighted by atomic mass is 10.1. The number of anilines is 3. The summed E-state index contributed by atoms with van der Waals surface area (Å²) in [6, 6.07) is 15.3. The number of benzene rings is 2. The van der Waals surface area contributed by atoms with E-state index in [1.54, 1.807) is 12.3 Å². The van der Waals surface area contributed by atoms with Crippen molar-refractivity contribution in [2.24, 2.45) is 0 Å². The summed E-state index contributed by atoms with van der Waals surface area (Å²) < 4.78 is 0. The predicted molar refractivity (Wildman–Crippen MR) is 100 cm³/mol. The number of hydrogen-bond acceptors (Lipinski definition) is 4. The van der Waals surface area contributed by atoms with Gasteiger partial charge in [0.25, 0.3) is 5.91 Å². The van der Waals surface area contributed by atoms with Gasteiger partial charge in [0.15, 0.2) is 0 Å². The van der Waals surface area contributed by atoms with Crippen molar-refractivity contribution >= 4 is 23.2 Å². The molecule has 1 amide bonds. The Morgan fingerprint density at radius 3 is 2.52 bits per heavy atom. The van der Waals surface area contributed by atoms with Gasteiger partial charge in [-0.3, -0.25) is 4.79 Å². The molecular formula is C20H20N4O. The number of nitrogens with zero attached hydrogens (tertiary/aromatic N) is 2. The number of carbonyl (C=O) groups is 1. The van der Waals surface area contributed by atoms with Crippen LogP contribution in [0.25, 0.3) is 0 Å². The van der Waals surface area contributed by atoms with Gasteiger partial charge in [0, 0.05) is 17.6 Å². The Balaban J connectivity index is 1.76. The average molecular weight is 332 g/mol. The molecule has 5 heteroatoms. The zero-order valence-electron chi connectivity index (χ0n) is 14.5. The van der Waals surface area contributed by atoms with Gasteiger partial charge in [-0.2, -0.15) is 0 Å². The maximum atomic E-state index is 12.4. The second-order valence-electron chi connectivity index (χ2n) is 6.01. The third kappa shape index (κ3) is 4.20. The summed E-state index contributed by atoms with van der Waals surface area (Å²) in [5.41, 5.74) is 5.42. The largest absolute Gasteiger partial charge is 0.324 e. The van der Waals surface area contributed by atoms with Gasteiger partial charge >= 0.3 is 0 Å². The maximum absolute atomic E-state index is 12.4. The topological polar surface area (TPSA) is 66.9 Å². The molecule has 0 radical (unpaired) electrons. The molecule has 0 saturated heterocycles. The third-order valence-corrected chi connectivity index (χ3v) is 3.93.